The molecule has 1 aromatic rings. The van der Waals surface area contributed by atoms with Gasteiger partial charge >= 0.3 is 0 Å². The first-order valence-corrected chi connectivity index (χ1v) is 7.54. The standard InChI is InChI=1S/C16H20N2O4/c1-17(16(20)11-18-6-2-3-15(18)19)10-12-4-5-13-14(9-12)22-8-7-21-13/h4-5,9H,2-3,6-8,10-11H2,1H3. The van der Waals surface area contributed by atoms with E-state index < -0.39 is 0 Å². The number of hydrogen-bond acceptors (Lipinski definition) is 4. The molecule has 0 atom stereocenters. The van der Waals surface area contributed by atoms with Crippen molar-refractivity contribution in [3.8, 4) is 11.5 Å². The average Bonchev–Trinajstić information content (AvgIpc) is 2.92. The van der Waals surface area contributed by atoms with Gasteiger partial charge in [0.05, 0.1) is 6.54 Å². The number of benzene rings is 1. The summed E-state index contributed by atoms with van der Waals surface area (Å²) in [5.41, 5.74) is 0.979. The lowest BCUT2D eigenvalue weighted by atomic mass is 10.2. The summed E-state index contributed by atoms with van der Waals surface area (Å²) >= 11 is 0. The van der Waals surface area contributed by atoms with Crippen LogP contribution in [0.25, 0.3) is 0 Å². The molecule has 2 aliphatic heterocycles. The third-order valence-electron chi connectivity index (χ3n) is 3.95. The lowest BCUT2D eigenvalue weighted by molar-refractivity contribution is -0.137. The van der Waals surface area contributed by atoms with Crippen LogP contribution in [0.2, 0.25) is 0 Å². The first kappa shape index (κ1) is 14.7. The number of nitrogens with zero attached hydrogens (tertiary/aromatic N) is 2. The van der Waals surface area contributed by atoms with E-state index in [4.69, 9.17) is 9.47 Å². The minimum atomic E-state index is -0.0508. The molecule has 0 bridgehead atoms. The molecule has 6 heteroatoms. The van der Waals surface area contributed by atoms with Crippen LogP contribution in [0.5, 0.6) is 11.5 Å². The third kappa shape index (κ3) is 3.16. The topological polar surface area (TPSA) is 59.1 Å². The molecule has 0 radical (unpaired) electrons. The number of rotatable bonds is 4. The summed E-state index contributed by atoms with van der Waals surface area (Å²) in [7, 11) is 1.75. The van der Waals surface area contributed by atoms with Crippen LogP contribution in [-0.4, -0.2) is 55.0 Å². The zero-order valence-electron chi connectivity index (χ0n) is 12.7. The van der Waals surface area contributed by atoms with Crippen molar-refractivity contribution >= 4 is 11.8 Å². The van der Waals surface area contributed by atoms with Gasteiger partial charge in [0.1, 0.15) is 13.2 Å². The molecule has 0 spiro atoms. The second-order valence-electron chi connectivity index (χ2n) is 5.65. The minimum absolute atomic E-state index is 0.0508. The molecule has 118 valence electrons. The van der Waals surface area contributed by atoms with E-state index in [0.29, 0.717) is 32.7 Å². The van der Waals surface area contributed by atoms with Gasteiger partial charge in [0.25, 0.3) is 0 Å². The SMILES string of the molecule is CN(Cc1ccc2c(c1)OCCO2)C(=O)CN1CCCC1=O. The van der Waals surface area contributed by atoms with Crippen LogP contribution in [0.1, 0.15) is 18.4 Å². The summed E-state index contributed by atoms with van der Waals surface area (Å²) in [5, 5.41) is 0. The Morgan fingerprint density at radius 3 is 2.77 bits per heavy atom. The Labute approximate surface area is 129 Å². The van der Waals surface area contributed by atoms with Crippen molar-refractivity contribution in [3.05, 3.63) is 23.8 Å². The van der Waals surface area contributed by atoms with Crippen LogP contribution >= 0.6 is 0 Å². The predicted molar refractivity (Wildman–Crippen MR) is 79.7 cm³/mol. The minimum Gasteiger partial charge on any atom is -0.486 e. The van der Waals surface area contributed by atoms with Crippen LogP contribution in [0.3, 0.4) is 0 Å². The molecular weight excluding hydrogens is 284 g/mol. The number of carbonyl (C=O) groups excluding carboxylic acids is 2. The zero-order valence-corrected chi connectivity index (χ0v) is 12.7. The lowest BCUT2D eigenvalue weighted by Gasteiger charge is -2.23. The van der Waals surface area contributed by atoms with Gasteiger partial charge in [-0.15, -0.1) is 0 Å². The van der Waals surface area contributed by atoms with E-state index in [1.54, 1.807) is 16.8 Å². The van der Waals surface area contributed by atoms with Crippen LogP contribution in [0.4, 0.5) is 0 Å². The molecule has 1 fully saturated rings. The number of fused-ring (bicyclic) bond motifs is 1. The molecule has 0 unspecified atom stereocenters. The summed E-state index contributed by atoms with van der Waals surface area (Å²) in [6.07, 6.45) is 1.40. The van der Waals surface area contributed by atoms with Gasteiger partial charge in [-0.1, -0.05) is 6.07 Å². The Hall–Kier alpha value is -2.24. The Kier molecular flexibility index (Phi) is 4.18. The highest BCUT2D eigenvalue weighted by Crippen LogP contribution is 2.31. The fourth-order valence-electron chi connectivity index (χ4n) is 2.70. The molecule has 0 aliphatic carbocycles. The highest BCUT2D eigenvalue weighted by molar-refractivity contribution is 5.85. The number of likely N-dealkylation sites (N-methyl/N-ethyl adjacent to an activating group) is 1. The first-order valence-electron chi connectivity index (χ1n) is 7.54. The molecule has 0 aromatic heterocycles. The van der Waals surface area contributed by atoms with Crippen molar-refractivity contribution in [2.24, 2.45) is 0 Å². The molecular formula is C16H20N2O4. The van der Waals surface area contributed by atoms with E-state index in [9.17, 15) is 9.59 Å². The lowest BCUT2D eigenvalue weighted by Crippen LogP contribution is -2.38. The zero-order chi connectivity index (χ0) is 15.5. The van der Waals surface area contributed by atoms with Crippen LogP contribution < -0.4 is 9.47 Å². The second kappa shape index (κ2) is 6.25. The van der Waals surface area contributed by atoms with Crippen molar-refractivity contribution in [1.29, 1.82) is 0 Å². The number of amides is 2. The van der Waals surface area contributed by atoms with Crippen molar-refractivity contribution in [3.63, 3.8) is 0 Å². The summed E-state index contributed by atoms with van der Waals surface area (Å²) in [4.78, 5) is 27.1. The monoisotopic (exact) mass is 304 g/mol. The molecule has 0 N–H and O–H groups in total. The summed E-state index contributed by atoms with van der Waals surface area (Å²) in [6, 6.07) is 5.70. The van der Waals surface area contributed by atoms with E-state index in [1.807, 2.05) is 18.2 Å². The molecule has 2 heterocycles. The first-order chi connectivity index (χ1) is 10.6. The van der Waals surface area contributed by atoms with E-state index in [2.05, 4.69) is 0 Å². The van der Waals surface area contributed by atoms with E-state index in [-0.39, 0.29) is 18.4 Å². The van der Waals surface area contributed by atoms with Crippen molar-refractivity contribution in [1.82, 2.24) is 9.80 Å². The van der Waals surface area contributed by atoms with E-state index in [1.165, 1.54) is 0 Å². The average molecular weight is 304 g/mol. The third-order valence-corrected chi connectivity index (χ3v) is 3.95. The van der Waals surface area contributed by atoms with Gasteiger partial charge in [0.15, 0.2) is 11.5 Å². The Balaban J connectivity index is 1.60. The summed E-state index contributed by atoms with van der Waals surface area (Å²) in [5.74, 6) is 1.48. The molecule has 1 saturated heterocycles. The Bertz CT molecular complexity index is 588. The fraction of sp³-hybridized carbons (Fsp3) is 0.500. The smallest absolute Gasteiger partial charge is 0.242 e. The van der Waals surface area contributed by atoms with Crippen LogP contribution in [0.15, 0.2) is 18.2 Å². The van der Waals surface area contributed by atoms with E-state index in [0.717, 1.165) is 23.5 Å². The van der Waals surface area contributed by atoms with Crippen LogP contribution in [0, 0.1) is 0 Å². The van der Waals surface area contributed by atoms with Gasteiger partial charge in [-0.25, -0.2) is 0 Å². The number of carbonyl (C=O) groups is 2. The van der Waals surface area contributed by atoms with Gasteiger partial charge in [-0.05, 0) is 24.1 Å². The fourth-order valence-corrected chi connectivity index (χ4v) is 2.70. The number of hydrogen-bond donors (Lipinski definition) is 0. The molecule has 0 saturated carbocycles. The molecule has 3 rings (SSSR count). The second-order valence-corrected chi connectivity index (χ2v) is 5.65. The maximum absolute atomic E-state index is 12.2. The van der Waals surface area contributed by atoms with Gasteiger partial charge in [0, 0.05) is 26.6 Å². The molecule has 22 heavy (non-hydrogen) atoms. The van der Waals surface area contributed by atoms with Gasteiger partial charge in [0.2, 0.25) is 11.8 Å². The molecule has 1 aromatic carbocycles. The van der Waals surface area contributed by atoms with Crippen molar-refractivity contribution < 1.29 is 19.1 Å². The van der Waals surface area contributed by atoms with Gasteiger partial charge in [-0.3, -0.25) is 9.59 Å². The van der Waals surface area contributed by atoms with Crippen LogP contribution in [-0.2, 0) is 16.1 Å². The molecule has 2 aliphatic rings. The molecule has 2 amide bonds. The van der Waals surface area contributed by atoms with Gasteiger partial charge in [-0.2, -0.15) is 0 Å². The summed E-state index contributed by atoms with van der Waals surface area (Å²) < 4.78 is 11.0. The largest absolute Gasteiger partial charge is 0.486 e. The number of ether oxygens (including phenoxy) is 2. The van der Waals surface area contributed by atoms with Crippen molar-refractivity contribution in [2.75, 3.05) is 33.4 Å². The van der Waals surface area contributed by atoms with Gasteiger partial charge < -0.3 is 19.3 Å². The quantitative estimate of drug-likeness (QED) is 0.834. The predicted octanol–water partition coefficient (Wildman–Crippen LogP) is 1.04. The number of likely N-dealkylation sites (tertiary alicyclic amines) is 1. The summed E-state index contributed by atoms with van der Waals surface area (Å²) in [6.45, 7) is 2.44. The normalized spacial score (nSPS) is 16.8. The Morgan fingerprint density at radius 1 is 1.27 bits per heavy atom. The maximum atomic E-state index is 12.2. The van der Waals surface area contributed by atoms with E-state index >= 15 is 0 Å². The maximum Gasteiger partial charge on any atom is 0.242 e. The molecule has 6 nitrogen and oxygen atoms in total. The highest BCUT2D eigenvalue weighted by atomic mass is 16.6. The highest BCUT2D eigenvalue weighted by Gasteiger charge is 2.24. The van der Waals surface area contributed by atoms with Crippen molar-refractivity contribution in [2.45, 2.75) is 19.4 Å². The Morgan fingerprint density at radius 2 is 2.05 bits per heavy atom.